The first-order valence-electron chi connectivity index (χ1n) is 18.0. The van der Waals surface area contributed by atoms with Crippen molar-refractivity contribution < 1.29 is 19.8 Å². The Morgan fingerprint density at radius 1 is 0.913 bits per heavy atom. The second kappa shape index (κ2) is 22.1. The largest absolute Gasteiger partial charge is 0.381 e. The van der Waals surface area contributed by atoms with E-state index in [2.05, 4.69) is 21.9 Å². The van der Waals surface area contributed by atoms with Gasteiger partial charge in [0.25, 0.3) is 5.56 Å². The Bertz CT molecular complexity index is 1400. The van der Waals surface area contributed by atoms with Crippen LogP contribution in [0.25, 0.3) is 11.2 Å². The number of H-pyrrole nitrogens is 1. The number of nitrogens with two attached hydrogens (primary N) is 1. The number of aromatic amines is 1. The van der Waals surface area contributed by atoms with Crippen LogP contribution in [-0.4, -0.2) is 51.8 Å². The second-order valence-electron chi connectivity index (χ2n) is 12.4. The minimum Gasteiger partial charge on any atom is -0.381 e. The van der Waals surface area contributed by atoms with Crippen LogP contribution in [0, 0.1) is 5.82 Å². The van der Waals surface area contributed by atoms with E-state index in [1.165, 1.54) is 114 Å². The van der Waals surface area contributed by atoms with Gasteiger partial charge >= 0.3 is 0 Å². The van der Waals surface area contributed by atoms with Crippen LogP contribution < -0.4 is 11.3 Å². The average molecular weight is 663 g/mol. The Hall–Kier alpha value is -2.55. The molecule has 2 atom stereocenters. The standard InChI is InChI=1S/C35H57FN5O4P/c1-2-3-4-5-6-7-8-9-10-11-12-13-14-15-16-17-22-44-24-25-46(43,27-30-19-18-20-31(36)26-30)29-45-23-21-41-28-38-32-33(41)39-35(37)40-34(32)42/h18-20,26,28H,2-17,21-25,27,29H2,1H3,(H3,37,39,40,42)/i27D. The van der Waals surface area contributed by atoms with Gasteiger partial charge in [0, 0.05) is 26.8 Å². The van der Waals surface area contributed by atoms with Crippen molar-refractivity contribution in [2.45, 2.75) is 122 Å². The molecule has 258 valence electrons. The van der Waals surface area contributed by atoms with E-state index in [0.717, 1.165) is 12.8 Å². The minimum atomic E-state index is -3.28. The Morgan fingerprint density at radius 3 is 2.17 bits per heavy atom. The van der Waals surface area contributed by atoms with Gasteiger partial charge in [-0.3, -0.25) is 9.78 Å². The number of ether oxygens (including phenoxy) is 2. The zero-order chi connectivity index (χ0) is 33.7. The molecule has 0 aliphatic carbocycles. The summed E-state index contributed by atoms with van der Waals surface area (Å²) < 4.78 is 50.0. The van der Waals surface area contributed by atoms with Gasteiger partial charge in [-0.05, 0) is 24.1 Å². The number of nitrogen functional groups attached to an aromatic ring is 1. The summed E-state index contributed by atoms with van der Waals surface area (Å²) in [4.78, 5) is 22.7. The molecule has 0 bridgehead atoms. The van der Waals surface area contributed by atoms with Crippen LogP contribution in [0.2, 0.25) is 0 Å². The quantitative estimate of drug-likeness (QED) is 0.0618. The average Bonchev–Trinajstić information content (AvgIpc) is 3.46. The summed E-state index contributed by atoms with van der Waals surface area (Å²) >= 11 is 0. The number of rotatable bonds is 27. The maximum Gasteiger partial charge on any atom is 0.280 e. The van der Waals surface area contributed by atoms with Gasteiger partial charge in [-0.25, -0.2) is 9.37 Å². The summed E-state index contributed by atoms with van der Waals surface area (Å²) in [5.41, 5.74) is 6.10. The summed E-state index contributed by atoms with van der Waals surface area (Å²) in [7, 11) is -3.28. The van der Waals surface area contributed by atoms with Gasteiger partial charge in [0.05, 0.1) is 19.5 Å². The van der Waals surface area contributed by atoms with Crippen molar-refractivity contribution in [3.8, 4) is 0 Å². The molecular formula is C35H57FN5O4P. The van der Waals surface area contributed by atoms with E-state index in [4.69, 9.17) is 16.6 Å². The third kappa shape index (κ3) is 14.9. The number of nitrogens with zero attached hydrogens (tertiary/aromatic N) is 3. The van der Waals surface area contributed by atoms with Gasteiger partial charge in [-0.1, -0.05) is 115 Å². The van der Waals surface area contributed by atoms with Gasteiger partial charge in [0.15, 0.2) is 11.2 Å². The van der Waals surface area contributed by atoms with E-state index in [1.807, 2.05) is 0 Å². The van der Waals surface area contributed by atoms with Crippen molar-refractivity contribution in [1.29, 1.82) is 0 Å². The van der Waals surface area contributed by atoms with Gasteiger partial charge < -0.3 is 24.3 Å². The Morgan fingerprint density at radius 2 is 1.54 bits per heavy atom. The number of halogens is 1. The number of hydrogen-bond acceptors (Lipinski definition) is 7. The third-order valence-corrected chi connectivity index (χ3v) is 10.6. The number of anilines is 1. The topological polar surface area (TPSA) is 125 Å². The summed E-state index contributed by atoms with van der Waals surface area (Å²) in [6, 6.07) is 5.71. The maximum absolute atomic E-state index is 14.1. The van der Waals surface area contributed by atoms with Crippen molar-refractivity contribution in [3.63, 3.8) is 0 Å². The molecule has 0 spiro atoms. The highest BCUT2D eigenvalue weighted by Gasteiger charge is 2.23. The van der Waals surface area contributed by atoms with Crippen molar-refractivity contribution in [3.05, 3.63) is 52.3 Å². The molecule has 0 amide bonds. The SMILES string of the molecule is [2H]C(c1cccc(F)c1)P(=O)(CCOCCCCCCCCCCCCCCCCCC)COCCn1cnc2c(=O)[nH]c(N)nc21. The molecule has 0 radical (unpaired) electrons. The number of fused-ring (bicyclic) bond motifs is 1. The summed E-state index contributed by atoms with van der Waals surface area (Å²) in [5, 5.41) is 0. The number of unbranched alkanes of at least 4 members (excludes halogenated alkanes) is 15. The first kappa shape index (κ1) is 36.3. The van der Waals surface area contributed by atoms with Gasteiger partial charge in [0.2, 0.25) is 5.95 Å². The maximum atomic E-state index is 14.1. The molecule has 3 rings (SSSR count). The molecule has 3 N–H and O–H groups in total. The molecule has 0 fully saturated rings. The zero-order valence-electron chi connectivity index (χ0n) is 28.9. The van der Waals surface area contributed by atoms with E-state index in [0.29, 0.717) is 24.4 Å². The molecule has 2 aromatic heterocycles. The van der Waals surface area contributed by atoms with Crippen LogP contribution in [-0.2, 0) is 26.7 Å². The van der Waals surface area contributed by atoms with Crippen LogP contribution in [0.4, 0.5) is 10.3 Å². The smallest absolute Gasteiger partial charge is 0.280 e. The van der Waals surface area contributed by atoms with Crippen LogP contribution >= 0.6 is 7.14 Å². The monoisotopic (exact) mass is 662 g/mol. The van der Waals surface area contributed by atoms with E-state index in [1.54, 1.807) is 10.6 Å². The molecular weight excluding hydrogens is 604 g/mol. The third-order valence-electron chi connectivity index (χ3n) is 8.27. The Balaban J connectivity index is 1.31. The van der Waals surface area contributed by atoms with Crippen molar-refractivity contribution in [2.75, 3.05) is 38.1 Å². The fourth-order valence-electron chi connectivity index (χ4n) is 5.61. The van der Waals surface area contributed by atoms with Gasteiger partial charge in [0.1, 0.15) is 19.3 Å². The van der Waals surface area contributed by atoms with Crippen LogP contribution in [0.5, 0.6) is 0 Å². The van der Waals surface area contributed by atoms with Crippen molar-refractivity contribution >= 4 is 24.3 Å². The first-order chi connectivity index (χ1) is 22.8. The summed E-state index contributed by atoms with van der Waals surface area (Å²) in [6.07, 6.45) is 21.3. The van der Waals surface area contributed by atoms with E-state index < -0.39 is 24.7 Å². The Labute approximate surface area is 276 Å². The molecule has 2 heterocycles. The number of benzene rings is 1. The lowest BCUT2D eigenvalue weighted by molar-refractivity contribution is 0.140. The highest BCUT2D eigenvalue weighted by atomic mass is 31.2. The van der Waals surface area contributed by atoms with Crippen LogP contribution in [0.1, 0.15) is 117 Å². The molecule has 0 saturated carbocycles. The molecule has 1 aromatic carbocycles. The minimum absolute atomic E-state index is 0.0126. The molecule has 0 saturated heterocycles. The Kier molecular flexibility index (Phi) is 17.4. The molecule has 46 heavy (non-hydrogen) atoms. The number of aromatic nitrogens is 4. The molecule has 0 aliphatic heterocycles. The molecule has 3 aromatic rings. The lowest BCUT2D eigenvalue weighted by atomic mass is 10.0. The fraction of sp³-hybridized carbons (Fsp3) is 0.686. The highest BCUT2D eigenvalue weighted by molar-refractivity contribution is 7.63. The molecule has 2 unspecified atom stereocenters. The lowest BCUT2D eigenvalue weighted by Crippen LogP contribution is -2.14. The number of imidazole rings is 1. The van der Waals surface area contributed by atoms with Crippen LogP contribution in [0.3, 0.4) is 0 Å². The second-order valence-corrected chi connectivity index (χ2v) is 15.2. The van der Waals surface area contributed by atoms with Crippen LogP contribution in [0.15, 0.2) is 35.4 Å². The van der Waals surface area contributed by atoms with E-state index in [-0.39, 0.29) is 37.2 Å². The summed E-state index contributed by atoms with van der Waals surface area (Å²) in [6.45, 7) is 3.56. The summed E-state index contributed by atoms with van der Waals surface area (Å²) in [5.74, 6) is -0.484. The van der Waals surface area contributed by atoms with Gasteiger partial charge in [-0.15, -0.1) is 0 Å². The van der Waals surface area contributed by atoms with E-state index in [9.17, 15) is 13.8 Å². The molecule has 11 heteroatoms. The number of nitrogens with one attached hydrogen (secondary N) is 1. The number of hydrogen-bond donors (Lipinski definition) is 2. The van der Waals surface area contributed by atoms with E-state index >= 15 is 0 Å². The normalized spacial score (nSPS) is 14.0. The first-order valence-corrected chi connectivity index (χ1v) is 19.6. The van der Waals surface area contributed by atoms with Gasteiger partial charge in [-0.2, -0.15) is 4.98 Å². The molecule has 9 nitrogen and oxygen atoms in total. The van der Waals surface area contributed by atoms with Crippen molar-refractivity contribution in [1.82, 2.24) is 19.5 Å². The lowest BCUT2D eigenvalue weighted by Gasteiger charge is -2.19. The molecule has 0 aliphatic rings. The fourth-order valence-corrected chi connectivity index (χ4v) is 7.53. The predicted octanol–water partition coefficient (Wildman–Crippen LogP) is 8.66. The predicted molar refractivity (Wildman–Crippen MR) is 186 cm³/mol. The van der Waals surface area contributed by atoms with Crippen molar-refractivity contribution in [2.24, 2.45) is 0 Å². The zero-order valence-corrected chi connectivity index (χ0v) is 28.8. The highest BCUT2D eigenvalue weighted by Crippen LogP contribution is 2.48.